The summed E-state index contributed by atoms with van der Waals surface area (Å²) in [4.78, 5) is 40.2. The van der Waals surface area contributed by atoms with Crippen molar-refractivity contribution in [3.05, 3.63) is 94.0 Å². The SMILES string of the molecule is O=C(NCCCc1ccc(Cl)c(Cl)c1)C1C(=O)C(=O)N(c2ccccc2)c2ccccc21. The molecule has 1 aliphatic heterocycles. The summed E-state index contributed by atoms with van der Waals surface area (Å²) in [5.41, 5.74) is 2.64. The Balaban J connectivity index is 1.48. The van der Waals surface area contributed by atoms with Crippen LogP contribution in [0.5, 0.6) is 0 Å². The van der Waals surface area contributed by atoms with Crippen molar-refractivity contribution in [1.29, 1.82) is 0 Å². The third kappa shape index (κ3) is 4.40. The highest BCUT2D eigenvalue weighted by Crippen LogP contribution is 2.38. The maximum Gasteiger partial charge on any atom is 0.300 e. The zero-order chi connectivity index (χ0) is 22.7. The van der Waals surface area contributed by atoms with Gasteiger partial charge in [0.15, 0.2) is 0 Å². The van der Waals surface area contributed by atoms with Crippen molar-refractivity contribution >= 4 is 52.2 Å². The molecule has 1 atom stereocenters. The average Bonchev–Trinajstić information content (AvgIpc) is 2.80. The van der Waals surface area contributed by atoms with E-state index >= 15 is 0 Å². The Labute approximate surface area is 195 Å². The summed E-state index contributed by atoms with van der Waals surface area (Å²) in [5.74, 6) is -3.10. The molecule has 1 heterocycles. The maximum absolute atomic E-state index is 13.0. The summed E-state index contributed by atoms with van der Waals surface area (Å²) >= 11 is 12.0. The van der Waals surface area contributed by atoms with Gasteiger partial charge in [0.05, 0.1) is 15.7 Å². The second-order valence-electron chi connectivity index (χ2n) is 7.48. The molecular formula is C25H20Cl2N2O3. The first-order valence-electron chi connectivity index (χ1n) is 10.2. The van der Waals surface area contributed by atoms with E-state index in [-0.39, 0.29) is 0 Å². The Kier molecular flexibility index (Phi) is 6.58. The monoisotopic (exact) mass is 466 g/mol. The number of halogens is 2. The molecule has 7 heteroatoms. The number of amides is 2. The Morgan fingerprint density at radius 2 is 1.62 bits per heavy atom. The fourth-order valence-corrected chi connectivity index (χ4v) is 4.14. The molecule has 5 nitrogen and oxygen atoms in total. The second kappa shape index (κ2) is 9.55. The molecule has 0 saturated heterocycles. The van der Waals surface area contributed by atoms with Gasteiger partial charge >= 0.3 is 0 Å². The number of ketones is 1. The van der Waals surface area contributed by atoms with Gasteiger partial charge in [0, 0.05) is 12.2 Å². The van der Waals surface area contributed by atoms with Gasteiger partial charge in [-0.15, -0.1) is 0 Å². The molecular weight excluding hydrogens is 447 g/mol. The summed E-state index contributed by atoms with van der Waals surface area (Å²) in [6, 6.07) is 21.4. The molecule has 3 aromatic rings. The highest BCUT2D eigenvalue weighted by Gasteiger charge is 2.43. The van der Waals surface area contributed by atoms with Gasteiger partial charge in [-0.2, -0.15) is 0 Å². The zero-order valence-electron chi connectivity index (χ0n) is 17.1. The topological polar surface area (TPSA) is 66.5 Å². The van der Waals surface area contributed by atoms with Crippen molar-refractivity contribution in [2.75, 3.05) is 11.4 Å². The number of nitrogens with one attached hydrogen (secondary N) is 1. The normalized spacial score (nSPS) is 15.4. The number of carbonyl (C=O) groups is 3. The number of para-hydroxylation sites is 2. The summed E-state index contributed by atoms with van der Waals surface area (Å²) in [5, 5.41) is 3.78. The molecule has 4 rings (SSSR count). The van der Waals surface area contributed by atoms with Gasteiger partial charge in [0.25, 0.3) is 5.91 Å². The molecule has 0 aromatic heterocycles. The van der Waals surface area contributed by atoms with E-state index in [1.807, 2.05) is 12.1 Å². The van der Waals surface area contributed by atoms with E-state index < -0.39 is 23.5 Å². The van der Waals surface area contributed by atoms with Gasteiger partial charge in [-0.05, 0) is 54.3 Å². The van der Waals surface area contributed by atoms with Gasteiger partial charge in [-0.1, -0.05) is 65.7 Å². The minimum Gasteiger partial charge on any atom is -0.355 e. The first kappa shape index (κ1) is 22.1. The van der Waals surface area contributed by atoms with Crippen molar-refractivity contribution in [3.63, 3.8) is 0 Å². The quantitative estimate of drug-likeness (QED) is 0.313. The summed E-state index contributed by atoms with van der Waals surface area (Å²) < 4.78 is 0. The largest absolute Gasteiger partial charge is 0.355 e. The Morgan fingerprint density at radius 1 is 0.906 bits per heavy atom. The molecule has 0 aliphatic carbocycles. The highest BCUT2D eigenvalue weighted by molar-refractivity contribution is 6.49. The van der Waals surface area contributed by atoms with Crippen LogP contribution in [-0.2, 0) is 20.8 Å². The molecule has 3 aromatic carbocycles. The van der Waals surface area contributed by atoms with E-state index in [9.17, 15) is 14.4 Å². The van der Waals surface area contributed by atoms with E-state index in [0.717, 1.165) is 5.56 Å². The van der Waals surface area contributed by atoms with Crippen LogP contribution in [0, 0.1) is 0 Å². The third-order valence-corrected chi connectivity index (χ3v) is 6.11. The van der Waals surface area contributed by atoms with Crippen LogP contribution < -0.4 is 10.2 Å². The lowest BCUT2D eigenvalue weighted by molar-refractivity contribution is -0.140. The Bertz CT molecular complexity index is 1180. The number of nitrogens with zero attached hydrogens (tertiary/aromatic N) is 1. The van der Waals surface area contributed by atoms with Crippen LogP contribution in [0.4, 0.5) is 11.4 Å². The van der Waals surface area contributed by atoms with E-state index in [2.05, 4.69) is 5.32 Å². The molecule has 1 N–H and O–H groups in total. The molecule has 1 unspecified atom stereocenters. The van der Waals surface area contributed by atoms with E-state index in [0.29, 0.717) is 46.4 Å². The number of carbonyl (C=O) groups excluding carboxylic acids is 3. The zero-order valence-corrected chi connectivity index (χ0v) is 18.6. The third-order valence-electron chi connectivity index (χ3n) is 5.37. The molecule has 0 spiro atoms. The number of anilines is 2. The Morgan fingerprint density at radius 3 is 2.38 bits per heavy atom. The van der Waals surface area contributed by atoms with Crippen LogP contribution in [-0.4, -0.2) is 24.1 Å². The van der Waals surface area contributed by atoms with Crippen LogP contribution in [0.15, 0.2) is 72.8 Å². The van der Waals surface area contributed by atoms with Crippen molar-refractivity contribution in [2.45, 2.75) is 18.8 Å². The molecule has 32 heavy (non-hydrogen) atoms. The van der Waals surface area contributed by atoms with Crippen molar-refractivity contribution in [1.82, 2.24) is 5.32 Å². The number of hydrogen-bond acceptors (Lipinski definition) is 3. The first-order chi connectivity index (χ1) is 15.5. The number of hydrogen-bond donors (Lipinski definition) is 1. The fourth-order valence-electron chi connectivity index (χ4n) is 3.81. The van der Waals surface area contributed by atoms with Crippen molar-refractivity contribution < 1.29 is 14.4 Å². The predicted molar refractivity (Wildman–Crippen MR) is 126 cm³/mol. The van der Waals surface area contributed by atoms with Crippen LogP contribution in [0.3, 0.4) is 0 Å². The van der Waals surface area contributed by atoms with Gasteiger partial charge in [-0.25, -0.2) is 0 Å². The van der Waals surface area contributed by atoms with Gasteiger partial charge in [0.1, 0.15) is 5.92 Å². The lowest BCUT2D eigenvalue weighted by Crippen LogP contribution is -2.46. The molecule has 0 saturated carbocycles. The fraction of sp³-hybridized carbons (Fsp3) is 0.160. The van der Waals surface area contributed by atoms with Crippen LogP contribution in [0.1, 0.15) is 23.5 Å². The summed E-state index contributed by atoms with van der Waals surface area (Å²) in [7, 11) is 0. The van der Waals surface area contributed by atoms with E-state index in [1.54, 1.807) is 60.7 Å². The number of rotatable bonds is 6. The van der Waals surface area contributed by atoms with E-state index in [1.165, 1.54) is 4.90 Å². The summed E-state index contributed by atoms with van der Waals surface area (Å²) in [6.45, 7) is 0.363. The molecule has 0 fully saturated rings. The molecule has 162 valence electrons. The number of fused-ring (bicyclic) bond motifs is 1. The number of aryl methyl sites for hydroxylation is 1. The number of benzene rings is 3. The van der Waals surface area contributed by atoms with Gasteiger partial charge < -0.3 is 5.32 Å². The first-order valence-corrected chi connectivity index (χ1v) is 11.0. The van der Waals surface area contributed by atoms with Crippen LogP contribution >= 0.6 is 23.2 Å². The van der Waals surface area contributed by atoms with Gasteiger partial charge in [-0.3, -0.25) is 19.3 Å². The minimum atomic E-state index is -1.16. The summed E-state index contributed by atoms with van der Waals surface area (Å²) in [6.07, 6.45) is 1.34. The van der Waals surface area contributed by atoms with Crippen molar-refractivity contribution in [3.8, 4) is 0 Å². The second-order valence-corrected chi connectivity index (χ2v) is 8.29. The van der Waals surface area contributed by atoms with Gasteiger partial charge in [0.2, 0.25) is 11.7 Å². The molecule has 0 bridgehead atoms. The van der Waals surface area contributed by atoms with E-state index in [4.69, 9.17) is 23.2 Å². The average molecular weight is 467 g/mol. The lowest BCUT2D eigenvalue weighted by Gasteiger charge is -2.32. The molecule has 0 radical (unpaired) electrons. The smallest absolute Gasteiger partial charge is 0.300 e. The molecule has 1 aliphatic rings. The standard InChI is InChI=1S/C25H20Cl2N2O3/c26-19-13-12-16(15-20(19)27)7-6-14-28-24(31)22-18-10-4-5-11-21(18)29(25(32)23(22)30)17-8-2-1-3-9-17/h1-5,8-13,15,22H,6-7,14H2,(H,28,31). The number of Topliss-reactive ketones (excluding diaryl/α,β-unsaturated/α-hetero) is 1. The predicted octanol–water partition coefficient (Wildman–Crippen LogP) is 5.07. The Hall–Kier alpha value is -3.15. The van der Waals surface area contributed by atoms with Crippen molar-refractivity contribution in [2.24, 2.45) is 0 Å². The minimum absolute atomic E-state index is 0.363. The van der Waals surface area contributed by atoms with Crippen LogP contribution in [0.2, 0.25) is 10.0 Å². The highest BCUT2D eigenvalue weighted by atomic mass is 35.5. The maximum atomic E-state index is 13.0. The lowest BCUT2D eigenvalue weighted by atomic mass is 9.87. The van der Waals surface area contributed by atoms with Crippen LogP contribution in [0.25, 0.3) is 0 Å². The molecule has 2 amide bonds.